The highest BCUT2D eigenvalue weighted by atomic mass is 79.9. The lowest BCUT2D eigenvalue weighted by Gasteiger charge is -2.07. The molecule has 16 heavy (non-hydrogen) atoms. The zero-order valence-corrected chi connectivity index (χ0v) is 10.9. The molecule has 4 heteroatoms. The molecule has 0 atom stereocenters. The molecule has 0 amide bonds. The van der Waals surface area contributed by atoms with Crippen LogP contribution in [-0.4, -0.2) is 6.54 Å². The minimum Gasteiger partial charge on any atom is -0.382 e. The Balaban J connectivity index is 1.92. The molecule has 0 fully saturated rings. The zero-order chi connectivity index (χ0) is 11.4. The van der Waals surface area contributed by atoms with E-state index in [0.29, 0.717) is 5.69 Å². The maximum atomic E-state index is 13.4. The van der Waals surface area contributed by atoms with Crippen LogP contribution in [0, 0.1) is 5.82 Å². The second kappa shape index (κ2) is 5.46. The fourth-order valence-electron chi connectivity index (χ4n) is 1.41. The first-order valence-electron chi connectivity index (χ1n) is 4.97. The van der Waals surface area contributed by atoms with E-state index in [4.69, 9.17) is 0 Å². The summed E-state index contributed by atoms with van der Waals surface area (Å²) >= 11 is 5.04. The van der Waals surface area contributed by atoms with Crippen LogP contribution >= 0.6 is 27.3 Å². The molecule has 1 aromatic carbocycles. The number of nitrogens with one attached hydrogen (secondary N) is 1. The van der Waals surface area contributed by atoms with Gasteiger partial charge in [0.1, 0.15) is 5.82 Å². The molecule has 0 aliphatic heterocycles. The summed E-state index contributed by atoms with van der Waals surface area (Å²) in [6.07, 6.45) is 0.920. The first-order valence-corrected chi connectivity index (χ1v) is 6.64. The monoisotopic (exact) mass is 299 g/mol. The highest BCUT2D eigenvalue weighted by Gasteiger charge is 2.02. The van der Waals surface area contributed by atoms with Crippen molar-refractivity contribution in [2.24, 2.45) is 0 Å². The van der Waals surface area contributed by atoms with Crippen molar-refractivity contribution in [2.45, 2.75) is 6.42 Å². The van der Waals surface area contributed by atoms with E-state index in [-0.39, 0.29) is 5.82 Å². The third kappa shape index (κ3) is 3.06. The Morgan fingerprint density at radius 2 is 2.19 bits per heavy atom. The molecule has 2 aromatic rings. The molecular formula is C12H11BrFNS. The Bertz CT molecular complexity index is 456. The van der Waals surface area contributed by atoms with Gasteiger partial charge in [0.05, 0.1) is 5.69 Å². The van der Waals surface area contributed by atoms with Crippen molar-refractivity contribution in [1.29, 1.82) is 0 Å². The first-order chi connectivity index (χ1) is 7.75. The lowest BCUT2D eigenvalue weighted by Crippen LogP contribution is -2.05. The van der Waals surface area contributed by atoms with Crippen molar-refractivity contribution < 1.29 is 4.39 Å². The maximum absolute atomic E-state index is 13.4. The molecular weight excluding hydrogens is 289 g/mol. The van der Waals surface area contributed by atoms with Crippen LogP contribution < -0.4 is 5.32 Å². The zero-order valence-electron chi connectivity index (χ0n) is 8.54. The Morgan fingerprint density at radius 3 is 2.94 bits per heavy atom. The fraction of sp³-hybridized carbons (Fsp3) is 0.167. The van der Waals surface area contributed by atoms with Crippen LogP contribution in [0.1, 0.15) is 4.88 Å². The summed E-state index contributed by atoms with van der Waals surface area (Å²) in [4.78, 5) is 1.31. The molecule has 0 unspecified atom stereocenters. The molecule has 1 aromatic heterocycles. The minimum absolute atomic E-state index is 0.214. The summed E-state index contributed by atoms with van der Waals surface area (Å²) in [6, 6.07) is 9.02. The van der Waals surface area contributed by atoms with Crippen molar-refractivity contribution in [2.75, 3.05) is 11.9 Å². The van der Waals surface area contributed by atoms with Crippen molar-refractivity contribution in [3.63, 3.8) is 0 Å². The van der Waals surface area contributed by atoms with E-state index >= 15 is 0 Å². The lowest BCUT2D eigenvalue weighted by atomic mass is 10.3. The summed E-state index contributed by atoms with van der Waals surface area (Å²) in [5.41, 5.74) is 0.547. The third-order valence-corrected chi connectivity index (χ3v) is 3.62. The summed E-state index contributed by atoms with van der Waals surface area (Å²) in [5.74, 6) is -0.214. The maximum Gasteiger partial charge on any atom is 0.146 e. The highest BCUT2D eigenvalue weighted by Crippen LogP contribution is 2.20. The standard InChI is InChI=1S/C12H11BrFNS/c13-9-3-4-11(14)12(8-9)15-6-5-10-2-1-7-16-10/h1-4,7-8,15H,5-6H2. The van der Waals surface area contributed by atoms with Gasteiger partial charge in [0.2, 0.25) is 0 Å². The van der Waals surface area contributed by atoms with E-state index in [0.717, 1.165) is 17.4 Å². The predicted molar refractivity (Wildman–Crippen MR) is 70.6 cm³/mol. The smallest absolute Gasteiger partial charge is 0.146 e. The molecule has 0 radical (unpaired) electrons. The van der Waals surface area contributed by atoms with Crippen LogP contribution in [0.4, 0.5) is 10.1 Å². The Morgan fingerprint density at radius 1 is 1.31 bits per heavy atom. The van der Waals surface area contributed by atoms with Gasteiger partial charge < -0.3 is 5.32 Å². The molecule has 84 valence electrons. The van der Waals surface area contributed by atoms with E-state index in [1.807, 2.05) is 6.07 Å². The quantitative estimate of drug-likeness (QED) is 0.887. The van der Waals surface area contributed by atoms with Crippen molar-refractivity contribution >= 4 is 33.0 Å². The Labute approximate surface area is 106 Å². The largest absolute Gasteiger partial charge is 0.382 e. The SMILES string of the molecule is Fc1ccc(Br)cc1NCCc1cccs1. The van der Waals surface area contributed by atoms with Gasteiger partial charge in [-0.1, -0.05) is 22.0 Å². The molecule has 0 spiro atoms. The number of hydrogen-bond acceptors (Lipinski definition) is 2. The Kier molecular flexibility index (Phi) is 3.96. The molecule has 0 saturated heterocycles. The van der Waals surface area contributed by atoms with E-state index < -0.39 is 0 Å². The molecule has 0 saturated carbocycles. The van der Waals surface area contributed by atoms with Gasteiger partial charge in [-0.15, -0.1) is 11.3 Å². The number of hydrogen-bond donors (Lipinski definition) is 1. The summed E-state index contributed by atoms with van der Waals surface area (Å²) in [7, 11) is 0. The van der Waals surface area contributed by atoms with Crippen LogP contribution in [0.2, 0.25) is 0 Å². The fourth-order valence-corrected chi connectivity index (χ4v) is 2.48. The van der Waals surface area contributed by atoms with Gasteiger partial charge >= 0.3 is 0 Å². The molecule has 1 nitrogen and oxygen atoms in total. The molecule has 2 rings (SSSR count). The number of benzene rings is 1. The first kappa shape index (κ1) is 11.6. The minimum atomic E-state index is -0.214. The highest BCUT2D eigenvalue weighted by molar-refractivity contribution is 9.10. The number of thiophene rings is 1. The second-order valence-corrected chi connectivity index (χ2v) is 5.33. The van der Waals surface area contributed by atoms with Gasteiger partial charge in [-0.3, -0.25) is 0 Å². The summed E-state index contributed by atoms with van der Waals surface area (Å²) in [6.45, 7) is 0.744. The van der Waals surface area contributed by atoms with Crippen LogP contribution in [0.25, 0.3) is 0 Å². The number of anilines is 1. The Hall–Kier alpha value is -0.870. The summed E-state index contributed by atoms with van der Waals surface area (Å²) in [5, 5.41) is 5.14. The molecule has 0 aliphatic carbocycles. The molecule has 1 N–H and O–H groups in total. The van der Waals surface area contributed by atoms with Crippen LogP contribution in [0.15, 0.2) is 40.2 Å². The van der Waals surface area contributed by atoms with E-state index in [1.165, 1.54) is 10.9 Å². The second-order valence-electron chi connectivity index (χ2n) is 3.38. The van der Waals surface area contributed by atoms with E-state index in [1.54, 1.807) is 23.5 Å². The van der Waals surface area contributed by atoms with Gasteiger partial charge in [-0.2, -0.15) is 0 Å². The van der Waals surface area contributed by atoms with Gasteiger partial charge in [0.25, 0.3) is 0 Å². The average molecular weight is 300 g/mol. The number of halogens is 2. The van der Waals surface area contributed by atoms with Crippen molar-refractivity contribution in [1.82, 2.24) is 0 Å². The molecule has 1 heterocycles. The molecule has 0 bridgehead atoms. The van der Waals surface area contributed by atoms with Crippen LogP contribution in [0.5, 0.6) is 0 Å². The van der Waals surface area contributed by atoms with Crippen molar-refractivity contribution in [3.05, 3.63) is 50.9 Å². The van der Waals surface area contributed by atoms with Crippen molar-refractivity contribution in [3.8, 4) is 0 Å². The van der Waals surface area contributed by atoms with Gasteiger partial charge in [0.15, 0.2) is 0 Å². The third-order valence-electron chi connectivity index (χ3n) is 2.20. The van der Waals surface area contributed by atoms with Gasteiger partial charge in [-0.25, -0.2) is 4.39 Å². The average Bonchev–Trinajstić information content (AvgIpc) is 2.76. The summed E-state index contributed by atoms with van der Waals surface area (Å²) < 4.78 is 14.2. The molecule has 0 aliphatic rings. The topological polar surface area (TPSA) is 12.0 Å². The number of rotatable bonds is 4. The van der Waals surface area contributed by atoms with E-state index in [2.05, 4.69) is 32.7 Å². The van der Waals surface area contributed by atoms with Gasteiger partial charge in [-0.05, 0) is 36.1 Å². The van der Waals surface area contributed by atoms with E-state index in [9.17, 15) is 4.39 Å². The van der Waals surface area contributed by atoms with Crippen LogP contribution in [-0.2, 0) is 6.42 Å². The van der Waals surface area contributed by atoms with Crippen LogP contribution in [0.3, 0.4) is 0 Å². The predicted octanol–water partition coefficient (Wildman–Crippen LogP) is 4.30. The van der Waals surface area contributed by atoms with Gasteiger partial charge in [0, 0.05) is 15.9 Å². The lowest BCUT2D eigenvalue weighted by molar-refractivity contribution is 0.630. The normalized spacial score (nSPS) is 10.4.